The van der Waals surface area contributed by atoms with E-state index in [0.29, 0.717) is 6.61 Å². The number of anilines is 1. The fourth-order valence-corrected chi connectivity index (χ4v) is 2.13. The first-order chi connectivity index (χ1) is 11.9. The molecule has 0 aromatic heterocycles. The van der Waals surface area contributed by atoms with Crippen LogP contribution in [0.1, 0.15) is 39.7 Å². The van der Waals surface area contributed by atoms with E-state index in [1.54, 1.807) is 13.8 Å². The Kier molecular flexibility index (Phi) is 9.39. The smallest absolute Gasteiger partial charge is 0.416 e. The molecule has 1 unspecified atom stereocenters. The van der Waals surface area contributed by atoms with E-state index in [2.05, 4.69) is 4.74 Å². The lowest BCUT2D eigenvalue weighted by atomic mass is 10.1. The van der Waals surface area contributed by atoms with Gasteiger partial charge in [0.1, 0.15) is 6.04 Å². The quantitative estimate of drug-likeness (QED) is 0.800. The molecule has 26 heavy (non-hydrogen) atoms. The lowest BCUT2D eigenvalue weighted by Gasteiger charge is -2.28. The molecule has 0 saturated carbocycles. The van der Waals surface area contributed by atoms with Gasteiger partial charge in [-0.15, -0.1) is 0 Å². The molecule has 0 radical (unpaired) electrons. The lowest BCUT2D eigenvalue weighted by molar-refractivity contribution is -0.140. The van der Waals surface area contributed by atoms with E-state index < -0.39 is 29.6 Å². The van der Waals surface area contributed by atoms with Gasteiger partial charge in [-0.3, -0.25) is 14.4 Å². The lowest BCUT2D eigenvalue weighted by Crippen LogP contribution is -2.47. The molecule has 0 spiro atoms. The molecular weight excluding hydrogens is 353 g/mol. The first-order valence-corrected chi connectivity index (χ1v) is 7.85. The van der Waals surface area contributed by atoms with Crippen LogP contribution in [0, 0.1) is 0 Å². The van der Waals surface area contributed by atoms with E-state index in [9.17, 15) is 27.6 Å². The van der Waals surface area contributed by atoms with E-state index in [1.165, 1.54) is 26.0 Å². The summed E-state index contributed by atoms with van der Waals surface area (Å²) < 4.78 is 42.4. The Morgan fingerprint density at radius 3 is 2.08 bits per heavy atom. The third-order valence-electron chi connectivity index (χ3n) is 3.17. The average Bonchev–Trinajstić information content (AvgIpc) is 2.51. The van der Waals surface area contributed by atoms with E-state index in [0.717, 1.165) is 17.0 Å². The summed E-state index contributed by atoms with van der Waals surface area (Å²) >= 11 is 0. The highest BCUT2D eigenvalue weighted by Crippen LogP contribution is 2.32. The zero-order chi connectivity index (χ0) is 20.5. The number of benzene rings is 1. The molecule has 0 bridgehead atoms. The number of rotatable bonds is 5. The predicted molar refractivity (Wildman–Crippen MR) is 90.2 cm³/mol. The van der Waals surface area contributed by atoms with E-state index in [-0.39, 0.29) is 18.1 Å². The molecule has 1 rings (SSSR count). The molecule has 2 N–H and O–H groups in total. The molecule has 1 aromatic rings. The normalized spacial score (nSPS) is 11.7. The average molecular weight is 376 g/mol. The van der Waals surface area contributed by atoms with Crippen molar-refractivity contribution in [2.24, 2.45) is 5.73 Å². The number of carbonyl (C=O) groups is 3. The SMILES string of the molecule is CCC(C(N)=O)N(C(C)=O)c1cccc(C(F)(F)F)c1.CCOC(C)=O. The number of nitrogens with two attached hydrogens (primary N) is 1. The molecular formula is C17H23F3N2O4. The second-order valence-corrected chi connectivity index (χ2v) is 5.19. The Hall–Kier alpha value is -2.58. The molecule has 0 saturated heterocycles. The van der Waals surface area contributed by atoms with Gasteiger partial charge < -0.3 is 15.4 Å². The van der Waals surface area contributed by atoms with Crippen LogP contribution in [-0.4, -0.2) is 30.4 Å². The molecule has 9 heteroatoms. The number of ether oxygens (including phenoxy) is 1. The summed E-state index contributed by atoms with van der Waals surface area (Å²) in [6.07, 6.45) is -4.31. The maximum absolute atomic E-state index is 12.7. The van der Waals surface area contributed by atoms with Gasteiger partial charge in [0.15, 0.2) is 0 Å². The van der Waals surface area contributed by atoms with Crippen molar-refractivity contribution in [3.05, 3.63) is 29.8 Å². The van der Waals surface area contributed by atoms with Crippen LogP contribution in [0.5, 0.6) is 0 Å². The maximum Gasteiger partial charge on any atom is 0.416 e. The molecule has 0 aliphatic rings. The second kappa shape index (κ2) is 10.4. The van der Waals surface area contributed by atoms with Gasteiger partial charge in [0.2, 0.25) is 11.8 Å². The number of primary amides is 1. The highest BCUT2D eigenvalue weighted by Gasteiger charge is 2.32. The summed E-state index contributed by atoms with van der Waals surface area (Å²) in [4.78, 5) is 33.8. The van der Waals surface area contributed by atoms with Crippen molar-refractivity contribution < 1.29 is 32.3 Å². The minimum absolute atomic E-state index is 0.00187. The largest absolute Gasteiger partial charge is 0.466 e. The summed E-state index contributed by atoms with van der Waals surface area (Å²) in [5.41, 5.74) is 4.30. The molecule has 146 valence electrons. The third-order valence-corrected chi connectivity index (χ3v) is 3.17. The molecule has 0 aliphatic heterocycles. The van der Waals surface area contributed by atoms with E-state index >= 15 is 0 Å². The van der Waals surface area contributed by atoms with Crippen molar-refractivity contribution in [3.8, 4) is 0 Å². The van der Waals surface area contributed by atoms with Crippen molar-refractivity contribution >= 4 is 23.5 Å². The van der Waals surface area contributed by atoms with Gasteiger partial charge in [0.05, 0.1) is 12.2 Å². The Balaban J connectivity index is 0.000000896. The number of esters is 1. The highest BCUT2D eigenvalue weighted by atomic mass is 19.4. The van der Waals surface area contributed by atoms with Gasteiger partial charge in [-0.2, -0.15) is 13.2 Å². The van der Waals surface area contributed by atoms with Crippen molar-refractivity contribution in [2.45, 2.75) is 46.3 Å². The standard InChI is InChI=1S/C13H15F3N2O2.C4H8O2/c1-3-11(12(17)20)18(8(2)19)10-6-4-5-9(7-10)13(14,15)16;1-3-6-4(2)5/h4-7,11H,3H2,1-2H3,(H2,17,20);3H2,1-2H3. The van der Waals surface area contributed by atoms with Crippen LogP contribution in [0.3, 0.4) is 0 Å². The van der Waals surface area contributed by atoms with Crippen LogP contribution in [0.25, 0.3) is 0 Å². The zero-order valence-corrected chi connectivity index (χ0v) is 15.1. The Morgan fingerprint density at radius 2 is 1.77 bits per heavy atom. The Morgan fingerprint density at radius 1 is 1.19 bits per heavy atom. The van der Waals surface area contributed by atoms with Crippen LogP contribution >= 0.6 is 0 Å². The van der Waals surface area contributed by atoms with E-state index in [4.69, 9.17) is 5.73 Å². The summed E-state index contributed by atoms with van der Waals surface area (Å²) in [6, 6.07) is 3.26. The van der Waals surface area contributed by atoms with Crippen molar-refractivity contribution in [1.82, 2.24) is 0 Å². The minimum Gasteiger partial charge on any atom is -0.466 e. The molecule has 1 aromatic carbocycles. The number of halogens is 3. The number of amides is 2. The maximum atomic E-state index is 12.7. The number of hydrogen-bond donors (Lipinski definition) is 1. The summed E-state index contributed by atoms with van der Waals surface area (Å²) in [7, 11) is 0. The first-order valence-electron chi connectivity index (χ1n) is 7.85. The van der Waals surface area contributed by atoms with Crippen molar-refractivity contribution in [2.75, 3.05) is 11.5 Å². The van der Waals surface area contributed by atoms with Crippen LogP contribution in [0.15, 0.2) is 24.3 Å². The first kappa shape index (κ1) is 23.4. The van der Waals surface area contributed by atoms with Crippen LogP contribution in [0.4, 0.5) is 18.9 Å². The monoisotopic (exact) mass is 376 g/mol. The number of hydrogen-bond acceptors (Lipinski definition) is 4. The van der Waals surface area contributed by atoms with Crippen molar-refractivity contribution in [1.29, 1.82) is 0 Å². The Bertz CT molecular complexity index is 633. The molecule has 0 heterocycles. The van der Waals surface area contributed by atoms with Gasteiger partial charge >= 0.3 is 12.1 Å². The van der Waals surface area contributed by atoms with Gasteiger partial charge in [-0.25, -0.2) is 0 Å². The molecule has 0 fully saturated rings. The number of alkyl halides is 3. The minimum atomic E-state index is -4.52. The van der Waals surface area contributed by atoms with Crippen LogP contribution in [-0.2, 0) is 25.3 Å². The number of nitrogens with zero attached hydrogens (tertiary/aromatic N) is 1. The highest BCUT2D eigenvalue weighted by molar-refractivity contribution is 5.99. The van der Waals surface area contributed by atoms with Gasteiger partial charge in [-0.05, 0) is 31.5 Å². The number of carbonyl (C=O) groups excluding carboxylic acids is 3. The zero-order valence-electron chi connectivity index (χ0n) is 15.1. The van der Waals surface area contributed by atoms with Crippen LogP contribution in [0.2, 0.25) is 0 Å². The summed E-state index contributed by atoms with van der Waals surface area (Å²) in [5, 5.41) is 0. The van der Waals surface area contributed by atoms with Crippen molar-refractivity contribution in [3.63, 3.8) is 0 Å². The summed E-state index contributed by atoms with van der Waals surface area (Å²) in [5.74, 6) is -1.52. The molecule has 6 nitrogen and oxygen atoms in total. The van der Waals surface area contributed by atoms with Crippen LogP contribution < -0.4 is 10.6 Å². The van der Waals surface area contributed by atoms with Gasteiger partial charge in [0, 0.05) is 19.5 Å². The summed E-state index contributed by atoms with van der Waals surface area (Å²) in [6.45, 7) is 6.45. The van der Waals surface area contributed by atoms with Gasteiger partial charge in [-0.1, -0.05) is 13.0 Å². The fourth-order valence-electron chi connectivity index (χ4n) is 2.13. The predicted octanol–water partition coefficient (Wildman–Crippen LogP) is 2.89. The molecule has 1 atom stereocenters. The molecule has 0 aliphatic carbocycles. The topological polar surface area (TPSA) is 89.7 Å². The second-order valence-electron chi connectivity index (χ2n) is 5.19. The fraction of sp³-hybridized carbons (Fsp3) is 0.471. The third kappa shape index (κ3) is 7.54. The van der Waals surface area contributed by atoms with E-state index in [1.807, 2.05) is 0 Å². The van der Waals surface area contributed by atoms with Gasteiger partial charge in [0.25, 0.3) is 0 Å². The molecule has 2 amide bonds. The Labute approximate surface area is 150 Å².